The molecule has 16 heavy (non-hydrogen) atoms. The number of rotatable bonds is 1. The molecule has 0 unspecified atom stereocenters. The van der Waals surface area contributed by atoms with Crippen LogP contribution in [-0.2, 0) is 0 Å². The number of nitrogens with one attached hydrogen (secondary N) is 1. The SMILES string of the molecule is Cc1nsc(NC(=O)N2CCC(C)CC2)n1. The third-order valence-electron chi connectivity index (χ3n) is 2.81. The molecule has 1 fully saturated rings. The van der Waals surface area contributed by atoms with E-state index in [0.717, 1.165) is 31.8 Å². The molecule has 0 radical (unpaired) electrons. The Morgan fingerprint density at radius 1 is 1.50 bits per heavy atom. The average molecular weight is 240 g/mol. The third kappa shape index (κ3) is 2.69. The number of anilines is 1. The van der Waals surface area contributed by atoms with Crippen molar-refractivity contribution in [3.05, 3.63) is 5.82 Å². The minimum absolute atomic E-state index is 0.0527. The molecule has 0 bridgehead atoms. The average Bonchev–Trinajstić information content (AvgIpc) is 2.65. The number of aromatic nitrogens is 2. The molecule has 0 spiro atoms. The molecule has 1 aliphatic heterocycles. The van der Waals surface area contributed by atoms with Crippen LogP contribution >= 0.6 is 11.5 Å². The Bertz CT molecular complexity index is 371. The fourth-order valence-electron chi connectivity index (χ4n) is 1.73. The Labute approximate surface area is 99.0 Å². The molecule has 0 saturated carbocycles. The second-order valence-electron chi connectivity index (χ2n) is 4.25. The Morgan fingerprint density at radius 2 is 2.19 bits per heavy atom. The topological polar surface area (TPSA) is 58.1 Å². The number of urea groups is 1. The molecular formula is C10H16N4OS. The van der Waals surface area contributed by atoms with Crippen LogP contribution < -0.4 is 5.32 Å². The number of carbonyl (C=O) groups excluding carboxylic acids is 1. The number of amides is 2. The van der Waals surface area contributed by atoms with Crippen molar-refractivity contribution >= 4 is 22.7 Å². The molecule has 5 nitrogen and oxygen atoms in total. The summed E-state index contributed by atoms with van der Waals surface area (Å²) in [5, 5.41) is 3.36. The van der Waals surface area contributed by atoms with E-state index in [1.165, 1.54) is 11.5 Å². The normalized spacial score (nSPS) is 17.5. The van der Waals surface area contributed by atoms with E-state index >= 15 is 0 Å². The maximum Gasteiger partial charge on any atom is 0.323 e. The highest BCUT2D eigenvalue weighted by atomic mass is 32.1. The Balaban J connectivity index is 1.88. The first-order valence-corrected chi connectivity index (χ1v) is 6.28. The predicted molar refractivity (Wildman–Crippen MR) is 63.6 cm³/mol. The van der Waals surface area contributed by atoms with Crippen LogP contribution in [-0.4, -0.2) is 33.4 Å². The predicted octanol–water partition coefficient (Wildman–Crippen LogP) is 2.11. The molecule has 1 N–H and O–H groups in total. The van der Waals surface area contributed by atoms with Crippen LogP contribution in [0.2, 0.25) is 0 Å². The van der Waals surface area contributed by atoms with Crippen LogP contribution in [0.5, 0.6) is 0 Å². The van der Waals surface area contributed by atoms with Crippen molar-refractivity contribution in [2.45, 2.75) is 26.7 Å². The van der Waals surface area contributed by atoms with E-state index in [1.807, 2.05) is 11.8 Å². The maximum absolute atomic E-state index is 11.8. The van der Waals surface area contributed by atoms with Gasteiger partial charge in [0.15, 0.2) is 0 Å². The number of hydrogen-bond donors (Lipinski definition) is 1. The Kier molecular flexibility index (Phi) is 3.38. The molecule has 0 aromatic carbocycles. The fraction of sp³-hybridized carbons (Fsp3) is 0.700. The van der Waals surface area contributed by atoms with E-state index in [9.17, 15) is 4.79 Å². The van der Waals surface area contributed by atoms with Gasteiger partial charge in [-0.1, -0.05) is 6.92 Å². The van der Waals surface area contributed by atoms with E-state index < -0.39 is 0 Å². The zero-order valence-corrected chi connectivity index (χ0v) is 10.4. The lowest BCUT2D eigenvalue weighted by molar-refractivity contribution is 0.186. The minimum atomic E-state index is -0.0527. The van der Waals surface area contributed by atoms with Gasteiger partial charge in [0.2, 0.25) is 5.13 Å². The molecule has 2 amide bonds. The first kappa shape index (κ1) is 11.3. The molecule has 1 saturated heterocycles. The number of carbonyl (C=O) groups is 1. The Hall–Kier alpha value is -1.17. The van der Waals surface area contributed by atoms with Crippen LogP contribution in [0.3, 0.4) is 0 Å². The van der Waals surface area contributed by atoms with E-state index in [2.05, 4.69) is 21.6 Å². The molecule has 0 aliphatic carbocycles. The Morgan fingerprint density at radius 3 is 2.75 bits per heavy atom. The number of likely N-dealkylation sites (tertiary alicyclic amines) is 1. The minimum Gasteiger partial charge on any atom is -0.324 e. The smallest absolute Gasteiger partial charge is 0.323 e. The van der Waals surface area contributed by atoms with E-state index in [1.54, 1.807) is 0 Å². The molecule has 1 aromatic rings. The van der Waals surface area contributed by atoms with Crippen molar-refractivity contribution in [1.82, 2.24) is 14.3 Å². The highest BCUT2D eigenvalue weighted by molar-refractivity contribution is 7.09. The van der Waals surface area contributed by atoms with Gasteiger partial charge < -0.3 is 4.90 Å². The van der Waals surface area contributed by atoms with Gasteiger partial charge in [-0.15, -0.1) is 0 Å². The van der Waals surface area contributed by atoms with Crippen molar-refractivity contribution in [3.63, 3.8) is 0 Å². The summed E-state index contributed by atoms with van der Waals surface area (Å²) in [4.78, 5) is 17.8. The van der Waals surface area contributed by atoms with E-state index in [0.29, 0.717) is 11.0 Å². The number of piperidine rings is 1. The summed E-state index contributed by atoms with van der Waals surface area (Å²) in [6, 6.07) is -0.0527. The quantitative estimate of drug-likeness (QED) is 0.818. The highest BCUT2D eigenvalue weighted by Gasteiger charge is 2.20. The molecule has 88 valence electrons. The molecule has 6 heteroatoms. The van der Waals surface area contributed by atoms with Crippen LogP contribution in [0.4, 0.5) is 9.93 Å². The zero-order chi connectivity index (χ0) is 11.5. The van der Waals surface area contributed by atoms with Gasteiger partial charge in [-0.3, -0.25) is 5.32 Å². The standard InChI is InChI=1S/C10H16N4OS/c1-7-3-5-14(6-4-7)10(15)12-9-11-8(2)13-16-9/h7H,3-6H2,1-2H3,(H,11,12,13,15). The van der Waals surface area contributed by atoms with Crippen LogP contribution in [0.25, 0.3) is 0 Å². The molecule has 1 aliphatic rings. The molecule has 1 aromatic heterocycles. The second kappa shape index (κ2) is 4.78. The first-order chi connectivity index (χ1) is 7.65. The first-order valence-electron chi connectivity index (χ1n) is 5.51. The van der Waals surface area contributed by atoms with Gasteiger partial charge in [0.05, 0.1) is 0 Å². The molecule has 0 atom stereocenters. The van der Waals surface area contributed by atoms with Gasteiger partial charge >= 0.3 is 6.03 Å². The molecule has 2 rings (SSSR count). The molecular weight excluding hydrogens is 224 g/mol. The lowest BCUT2D eigenvalue weighted by atomic mass is 10.00. The summed E-state index contributed by atoms with van der Waals surface area (Å²) in [5.41, 5.74) is 0. The van der Waals surface area contributed by atoms with E-state index in [4.69, 9.17) is 0 Å². The maximum atomic E-state index is 11.8. The number of nitrogens with zero attached hydrogens (tertiary/aromatic N) is 3. The van der Waals surface area contributed by atoms with Crippen LogP contribution in [0.15, 0.2) is 0 Å². The summed E-state index contributed by atoms with van der Waals surface area (Å²) < 4.78 is 4.02. The highest BCUT2D eigenvalue weighted by Crippen LogP contribution is 2.17. The fourth-order valence-corrected chi connectivity index (χ4v) is 2.30. The van der Waals surface area contributed by atoms with Gasteiger partial charge in [-0.2, -0.15) is 4.37 Å². The van der Waals surface area contributed by atoms with Gasteiger partial charge in [-0.25, -0.2) is 9.78 Å². The summed E-state index contributed by atoms with van der Waals surface area (Å²) in [5.74, 6) is 1.43. The van der Waals surface area contributed by atoms with Gasteiger partial charge in [0, 0.05) is 24.6 Å². The second-order valence-corrected chi connectivity index (χ2v) is 5.00. The van der Waals surface area contributed by atoms with Crippen molar-refractivity contribution in [3.8, 4) is 0 Å². The zero-order valence-electron chi connectivity index (χ0n) is 9.56. The number of hydrogen-bond acceptors (Lipinski definition) is 4. The van der Waals surface area contributed by atoms with Crippen LogP contribution in [0.1, 0.15) is 25.6 Å². The summed E-state index contributed by atoms with van der Waals surface area (Å²) in [6.07, 6.45) is 2.17. The lowest BCUT2D eigenvalue weighted by Gasteiger charge is -2.29. The van der Waals surface area contributed by atoms with Crippen molar-refractivity contribution in [2.75, 3.05) is 18.4 Å². The monoisotopic (exact) mass is 240 g/mol. The van der Waals surface area contributed by atoms with Crippen molar-refractivity contribution in [1.29, 1.82) is 0 Å². The van der Waals surface area contributed by atoms with Gasteiger partial charge in [0.1, 0.15) is 5.82 Å². The third-order valence-corrected chi connectivity index (χ3v) is 3.53. The van der Waals surface area contributed by atoms with Crippen molar-refractivity contribution in [2.24, 2.45) is 5.92 Å². The van der Waals surface area contributed by atoms with Crippen molar-refractivity contribution < 1.29 is 4.79 Å². The van der Waals surface area contributed by atoms with Crippen LogP contribution in [0, 0.1) is 12.8 Å². The van der Waals surface area contributed by atoms with Gasteiger partial charge in [0.25, 0.3) is 0 Å². The number of aryl methyl sites for hydroxylation is 1. The summed E-state index contributed by atoms with van der Waals surface area (Å²) in [6.45, 7) is 5.72. The van der Waals surface area contributed by atoms with Gasteiger partial charge in [-0.05, 0) is 25.7 Å². The lowest BCUT2D eigenvalue weighted by Crippen LogP contribution is -2.40. The van der Waals surface area contributed by atoms with E-state index in [-0.39, 0.29) is 6.03 Å². The summed E-state index contributed by atoms with van der Waals surface area (Å²) >= 11 is 1.22. The molecule has 2 heterocycles. The summed E-state index contributed by atoms with van der Waals surface area (Å²) in [7, 11) is 0. The largest absolute Gasteiger partial charge is 0.324 e.